The molecule has 4 atom stereocenters. The highest BCUT2D eigenvalue weighted by molar-refractivity contribution is 5.56. The predicted molar refractivity (Wildman–Crippen MR) is 41.8 cm³/mol. The van der Waals surface area contributed by atoms with E-state index in [1.165, 1.54) is 0 Å². The summed E-state index contributed by atoms with van der Waals surface area (Å²) in [6.45, 7) is -0.359. The van der Waals surface area contributed by atoms with E-state index in [0.29, 0.717) is 0 Å². The molecule has 0 fully saturated rings. The first-order valence-electron chi connectivity index (χ1n) is 3.83. The van der Waals surface area contributed by atoms with Gasteiger partial charge in [0.15, 0.2) is 6.29 Å². The van der Waals surface area contributed by atoms with Gasteiger partial charge in [-0.1, -0.05) is 0 Å². The molecule has 0 aromatic carbocycles. The number of carbonyl (C=O) groups is 1. The summed E-state index contributed by atoms with van der Waals surface area (Å²) >= 11 is 0. The molecule has 6 heteroatoms. The molecular weight excluding hydrogens is 180 g/mol. The standard InChI is InChI=1S/C7H14O6/c8-2-1-4(10)6(12)7(13)5(11)3-9/h3-8,10-13H,1-2H2/t4-,5-,6+,7+/m1/s1. The normalized spacial score (nSPS) is 20.4. The number of hydrogen-bond donors (Lipinski definition) is 5. The van der Waals surface area contributed by atoms with Crippen LogP contribution >= 0.6 is 0 Å². The van der Waals surface area contributed by atoms with Gasteiger partial charge in [-0.3, -0.25) is 0 Å². The first kappa shape index (κ1) is 12.5. The molecule has 0 aliphatic carbocycles. The third-order valence-corrected chi connectivity index (χ3v) is 1.66. The molecule has 0 heterocycles. The smallest absolute Gasteiger partial charge is 0.151 e. The van der Waals surface area contributed by atoms with Crippen LogP contribution in [0, 0.1) is 0 Å². The zero-order valence-electron chi connectivity index (χ0n) is 6.95. The number of rotatable bonds is 6. The van der Waals surface area contributed by atoms with Gasteiger partial charge in [0.2, 0.25) is 0 Å². The van der Waals surface area contributed by atoms with Gasteiger partial charge in [0.25, 0.3) is 0 Å². The van der Waals surface area contributed by atoms with Crippen molar-refractivity contribution in [2.24, 2.45) is 0 Å². The van der Waals surface area contributed by atoms with Crippen molar-refractivity contribution in [3.63, 3.8) is 0 Å². The lowest BCUT2D eigenvalue weighted by Crippen LogP contribution is -2.45. The van der Waals surface area contributed by atoms with Crippen LogP contribution in [0.3, 0.4) is 0 Å². The summed E-state index contributed by atoms with van der Waals surface area (Å²) in [6, 6.07) is 0. The van der Waals surface area contributed by atoms with Crippen LogP contribution in [0.4, 0.5) is 0 Å². The lowest BCUT2D eigenvalue weighted by Gasteiger charge is -2.23. The van der Waals surface area contributed by atoms with Crippen LogP contribution in [-0.2, 0) is 4.79 Å². The summed E-state index contributed by atoms with van der Waals surface area (Å²) in [4.78, 5) is 9.98. The van der Waals surface area contributed by atoms with E-state index in [1.807, 2.05) is 0 Å². The third kappa shape index (κ3) is 3.79. The predicted octanol–water partition coefficient (Wildman–Crippen LogP) is -2.99. The van der Waals surface area contributed by atoms with E-state index in [-0.39, 0.29) is 19.3 Å². The second-order valence-corrected chi connectivity index (χ2v) is 2.69. The van der Waals surface area contributed by atoms with Gasteiger partial charge >= 0.3 is 0 Å². The lowest BCUT2D eigenvalue weighted by molar-refractivity contribution is -0.134. The van der Waals surface area contributed by atoms with Gasteiger partial charge in [0, 0.05) is 6.61 Å². The van der Waals surface area contributed by atoms with Crippen LogP contribution < -0.4 is 0 Å². The largest absolute Gasteiger partial charge is 0.396 e. The van der Waals surface area contributed by atoms with E-state index in [0.717, 1.165) is 0 Å². The number of aldehydes is 1. The first-order chi connectivity index (χ1) is 6.04. The van der Waals surface area contributed by atoms with Gasteiger partial charge in [0.05, 0.1) is 6.10 Å². The quantitative estimate of drug-likeness (QED) is 0.288. The topological polar surface area (TPSA) is 118 Å². The van der Waals surface area contributed by atoms with Crippen LogP contribution in [0.2, 0.25) is 0 Å². The fraction of sp³-hybridized carbons (Fsp3) is 0.857. The number of aliphatic hydroxyl groups excluding tert-OH is 5. The Hall–Kier alpha value is -0.530. The van der Waals surface area contributed by atoms with Gasteiger partial charge < -0.3 is 30.3 Å². The van der Waals surface area contributed by atoms with E-state index < -0.39 is 24.4 Å². The molecule has 5 N–H and O–H groups in total. The van der Waals surface area contributed by atoms with Crippen LogP contribution in [0.5, 0.6) is 0 Å². The van der Waals surface area contributed by atoms with Crippen molar-refractivity contribution in [3.05, 3.63) is 0 Å². The van der Waals surface area contributed by atoms with Crippen molar-refractivity contribution in [2.75, 3.05) is 6.61 Å². The molecular formula is C7H14O6. The molecule has 0 radical (unpaired) electrons. The van der Waals surface area contributed by atoms with Crippen molar-refractivity contribution in [3.8, 4) is 0 Å². The van der Waals surface area contributed by atoms with E-state index >= 15 is 0 Å². The Balaban J connectivity index is 4.06. The van der Waals surface area contributed by atoms with Crippen molar-refractivity contribution >= 4 is 6.29 Å². The molecule has 13 heavy (non-hydrogen) atoms. The molecule has 6 nitrogen and oxygen atoms in total. The minimum Gasteiger partial charge on any atom is -0.396 e. The van der Waals surface area contributed by atoms with Gasteiger partial charge in [-0.25, -0.2) is 0 Å². The molecule has 0 saturated carbocycles. The highest BCUT2D eigenvalue weighted by atomic mass is 16.4. The molecule has 0 aromatic heterocycles. The Labute approximate surface area is 75.1 Å². The van der Waals surface area contributed by atoms with Gasteiger partial charge in [-0.05, 0) is 6.42 Å². The molecule has 0 bridgehead atoms. The summed E-state index contributed by atoms with van der Waals surface area (Å²) in [7, 11) is 0. The summed E-state index contributed by atoms with van der Waals surface area (Å²) in [6.07, 6.45) is -6.56. The van der Waals surface area contributed by atoms with E-state index in [1.54, 1.807) is 0 Å². The van der Waals surface area contributed by atoms with Gasteiger partial charge in [0.1, 0.15) is 18.3 Å². The zero-order chi connectivity index (χ0) is 10.4. The monoisotopic (exact) mass is 194 g/mol. The van der Waals surface area contributed by atoms with Crippen molar-refractivity contribution in [1.82, 2.24) is 0 Å². The van der Waals surface area contributed by atoms with Crippen LogP contribution in [0.25, 0.3) is 0 Å². The molecule has 0 aromatic rings. The number of hydrogen-bond acceptors (Lipinski definition) is 6. The maximum absolute atomic E-state index is 9.98. The van der Waals surface area contributed by atoms with Crippen molar-refractivity contribution < 1.29 is 30.3 Å². The summed E-state index contributed by atoms with van der Waals surface area (Å²) in [5.74, 6) is 0. The number of aliphatic hydroxyl groups is 5. The molecule has 0 unspecified atom stereocenters. The Morgan fingerprint density at radius 1 is 1.08 bits per heavy atom. The molecule has 0 saturated heterocycles. The average Bonchev–Trinajstić information content (AvgIpc) is 2.14. The number of carbonyl (C=O) groups excluding carboxylic acids is 1. The van der Waals surface area contributed by atoms with E-state index in [9.17, 15) is 4.79 Å². The Bertz CT molecular complexity index is 150. The van der Waals surface area contributed by atoms with Gasteiger partial charge in [-0.15, -0.1) is 0 Å². The summed E-state index contributed by atoms with van der Waals surface area (Å²) < 4.78 is 0. The SMILES string of the molecule is O=C[C@@H](O)[C@H](O)[C@@H](O)[C@H](O)CCO. The highest BCUT2D eigenvalue weighted by Crippen LogP contribution is 2.06. The van der Waals surface area contributed by atoms with Crippen molar-refractivity contribution in [2.45, 2.75) is 30.8 Å². The lowest BCUT2D eigenvalue weighted by atomic mass is 10.0. The first-order valence-corrected chi connectivity index (χ1v) is 3.83. The highest BCUT2D eigenvalue weighted by Gasteiger charge is 2.29. The maximum Gasteiger partial charge on any atom is 0.151 e. The van der Waals surface area contributed by atoms with E-state index in [4.69, 9.17) is 25.5 Å². The minimum atomic E-state index is -1.74. The Kier molecular flexibility index (Phi) is 5.76. The second kappa shape index (κ2) is 6.01. The fourth-order valence-electron chi connectivity index (χ4n) is 0.813. The maximum atomic E-state index is 9.98. The van der Waals surface area contributed by atoms with Gasteiger partial charge in [-0.2, -0.15) is 0 Å². The van der Waals surface area contributed by atoms with Crippen LogP contribution in [-0.4, -0.2) is 62.8 Å². The zero-order valence-corrected chi connectivity index (χ0v) is 6.95. The fourth-order valence-corrected chi connectivity index (χ4v) is 0.813. The molecule has 78 valence electrons. The van der Waals surface area contributed by atoms with Crippen LogP contribution in [0.15, 0.2) is 0 Å². The minimum absolute atomic E-state index is 0.0551. The molecule has 0 spiro atoms. The average molecular weight is 194 g/mol. The molecule has 0 aliphatic rings. The summed E-state index contributed by atoms with van der Waals surface area (Å²) in [5.41, 5.74) is 0. The molecule has 0 rings (SSSR count). The van der Waals surface area contributed by atoms with Crippen molar-refractivity contribution in [1.29, 1.82) is 0 Å². The molecule has 0 amide bonds. The third-order valence-electron chi connectivity index (χ3n) is 1.66. The van der Waals surface area contributed by atoms with Crippen LogP contribution in [0.1, 0.15) is 6.42 Å². The van der Waals surface area contributed by atoms with E-state index in [2.05, 4.69) is 0 Å². The second-order valence-electron chi connectivity index (χ2n) is 2.69. The Morgan fingerprint density at radius 2 is 1.62 bits per heavy atom. The molecule has 0 aliphatic heterocycles. The Morgan fingerprint density at radius 3 is 2.00 bits per heavy atom. The summed E-state index contributed by atoms with van der Waals surface area (Å²) in [5, 5.41) is 44.3.